The third-order valence-electron chi connectivity index (χ3n) is 3.72. The minimum absolute atomic E-state index is 0.0450. The summed E-state index contributed by atoms with van der Waals surface area (Å²) in [6, 6.07) is 7.54. The van der Waals surface area contributed by atoms with Gasteiger partial charge in [-0.3, -0.25) is 4.79 Å². The predicted octanol–water partition coefficient (Wildman–Crippen LogP) is 2.58. The number of nitrogens with zero attached hydrogens (tertiary/aromatic N) is 1. The van der Waals surface area contributed by atoms with Crippen molar-refractivity contribution < 1.29 is 9.53 Å². The monoisotopic (exact) mass is 310 g/mol. The summed E-state index contributed by atoms with van der Waals surface area (Å²) in [6.07, 6.45) is 3.62. The maximum absolute atomic E-state index is 12.5. The van der Waals surface area contributed by atoms with E-state index in [0.29, 0.717) is 30.6 Å². The van der Waals surface area contributed by atoms with Crippen molar-refractivity contribution in [3.63, 3.8) is 0 Å². The number of rotatable bonds is 8. The summed E-state index contributed by atoms with van der Waals surface area (Å²) in [6.45, 7) is 1.25. The first-order valence-corrected chi connectivity index (χ1v) is 7.79. The second-order valence-electron chi connectivity index (χ2n) is 5.57. The molecule has 0 aromatic heterocycles. The average Bonchev–Trinajstić information content (AvgIpc) is 3.30. The van der Waals surface area contributed by atoms with Crippen molar-refractivity contribution in [1.29, 1.82) is 0 Å². The molecule has 0 saturated heterocycles. The molecular weight excluding hydrogens is 288 g/mol. The summed E-state index contributed by atoms with van der Waals surface area (Å²) < 4.78 is 5.01. The van der Waals surface area contributed by atoms with Crippen LogP contribution in [-0.4, -0.2) is 36.6 Å². The normalized spacial score (nSPS) is 15.8. The average molecular weight is 311 g/mol. The fourth-order valence-corrected chi connectivity index (χ4v) is 2.47. The number of hydrogen-bond acceptors (Lipinski definition) is 3. The van der Waals surface area contributed by atoms with Gasteiger partial charge in [-0.2, -0.15) is 0 Å². The molecule has 1 aromatic rings. The van der Waals surface area contributed by atoms with Gasteiger partial charge in [0.1, 0.15) is 0 Å². The van der Waals surface area contributed by atoms with Crippen LogP contribution in [0.4, 0.5) is 0 Å². The van der Waals surface area contributed by atoms with Crippen LogP contribution in [0.2, 0.25) is 5.02 Å². The third kappa shape index (κ3) is 4.99. The zero-order valence-electron chi connectivity index (χ0n) is 12.4. The highest BCUT2D eigenvalue weighted by molar-refractivity contribution is 6.30. The lowest BCUT2D eigenvalue weighted by Gasteiger charge is -2.26. The molecule has 1 unspecified atom stereocenters. The zero-order valence-corrected chi connectivity index (χ0v) is 13.2. The van der Waals surface area contributed by atoms with Crippen molar-refractivity contribution in [2.24, 2.45) is 5.73 Å². The van der Waals surface area contributed by atoms with E-state index in [-0.39, 0.29) is 5.91 Å². The summed E-state index contributed by atoms with van der Waals surface area (Å²) in [5.41, 5.74) is 7.12. The van der Waals surface area contributed by atoms with Gasteiger partial charge >= 0.3 is 0 Å². The van der Waals surface area contributed by atoms with E-state index in [1.165, 1.54) is 0 Å². The van der Waals surface area contributed by atoms with Gasteiger partial charge in [-0.05, 0) is 43.4 Å². The van der Waals surface area contributed by atoms with Crippen LogP contribution in [0.3, 0.4) is 0 Å². The van der Waals surface area contributed by atoms with Crippen LogP contribution in [0, 0.1) is 0 Å². The van der Waals surface area contributed by atoms with Crippen LogP contribution < -0.4 is 5.73 Å². The third-order valence-corrected chi connectivity index (χ3v) is 3.97. The minimum Gasteiger partial charge on any atom is -0.385 e. The molecule has 0 radical (unpaired) electrons. The second-order valence-corrected chi connectivity index (χ2v) is 6.00. The van der Waals surface area contributed by atoms with Gasteiger partial charge in [-0.15, -0.1) is 0 Å². The van der Waals surface area contributed by atoms with Gasteiger partial charge in [-0.25, -0.2) is 0 Å². The first-order valence-electron chi connectivity index (χ1n) is 7.41. The Morgan fingerprint density at radius 2 is 2.10 bits per heavy atom. The van der Waals surface area contributed by atoms with Crippen LogP contribution in [0.25, 0.3) is 0 Å². The molecule has 1 aliphatic rings. The van der Waals surface area contributed by atoms with Gasteiger partial charge in [0.05, 0.1) is 6.04 Å². The van der Waals surface area contributed by atoms with Gasteiger partial charge in [0.25, 0.3) is 0 Å². The number of nitrogens with two attached hydrogens (primary N) is 1. The maximum Gasteiger partial charge on any atom is 0.240 e. The van der Waals surface area contributed by atoms with Crippen molar-refractivity contribution >= 4 is 17.5 Å². The number of carbonyl (C=O) groups excluding carboxylic acids is 1. The van der Waals surface area contributed by atoms with E-state index >= 15 is 0 Å². The van der Waals surface area contributed by atoms with E-state index in [2.05, 4.69) is 0 Å². The molecule has 0 heterocycles. The smallest absolute Gasteiger partial charge is 0.240 e. The van der Waals surface area contributed by atoms with Crippen molar-refractivity contribution in [3.8, 4) is 0 Å². The highest BCUT2D eigenvalue weighted by Crippen LogP contribution is 2.29. The van der Waals surface area contributed by atoms with E-state index in [0.717, 1.165) is 24.8 Å². The molecule has 2 rings (SSSR count). The van der Waals surface area contributed by atoms with Gasteiger partial charge in [-0.1, -0.05) is 23.7 Å². The van der Waals surface area contributed by atoms with Gasteiger partial charge in [0, 0.05) is 31.3 Å². The Hall–Kier alpha value is -1.10. The molecule has 1 aliphatic carbocycles. The second kappa shape index (κ2) is 7.78. The summed E-state index contributed by atoms with van der Waals surface area (Å²) in [7, 11) is 1.66. The Bertz CT molecular complexity index is 460. The quantitative estimate of drug-likeness (QED) is 0.751. The van der Waals surface area contributed by atoms with E-state index < -0.39 is 6.04 Å². The highest BCUT2D eigenvalue weighted by Gasteiger charge is 2.34. The van der Waals surface area contributed by atoms with E-state index in [1.54, 1.807) is 7.11 Å². The Balaban J connectivity index is 1.94. The number of carbonyl (C=O) groups is 1. The van der Waals surface area contributed by atoms with E-state index in [9.17, 15) is 4.79 Å². The van der Waals surface area contributed by atoms with Crippen LogP contribution in [0.5, 0.6) is 0 Å². The molecule has 0 aliphatic heterocycles. The summed E-state index contributed by atoms with van der Waals surface area (Å²) in [5, 5.41) is 0.708. The molecule has 1 aromatic carbocycles. The lowest BCUT2D eigenvalue weighted by molar-refractivity contribution is -0.134. The minimum atomic E-state index is -0.437. The molecule has 0 spiro atoms. The Morgan fingerprint density at radius 3 is 2.67 bits per heavy atom. The van der Waals surface area contributed by atoms with Crippen LogP contribution >= 0.6 is 11.6 Å². The standard InChI is InChI=1S/C16H23ClN2O2/c1-21-10-2-3-15(18)16(20)19(14-8-9-14)11-12-4-6-13(17)7-5-12/h4-7,14-15H,2-3,8-11,18H2,1H3. The van der Waals surface area contributed by atoms with E-state index in [1.807, 2.05) is 29.2 Å². The number of hydrogen-bond donors (Lipinski definition) is 1. The molecular formula is C16H23ClN2O2. The SMILES string of the molecule is COCCCC(N)C(=O)N(Cc1ccc(Cl)cc1)C1CC1. The van der Waals surface area contributed by atoms with Crippen LogP contribution in [-0.2, 0) is 16.1 Å². The zero-order chi connectivity index (χ0) is 15.2. The van der Waals surface area contributed by atoms with Gasteiger partial charge in [0.2, 0.25) is 5.91 Å². The molecule has 4 nitrogen and oxygen atoms in total. The lowest BCUT2D eigenvalue weighted by atomic mass is 10.1. The molecule has 1 atom stereocenters. The summed E-state index contributed by atoms with van der Waals surface area (Å²) >= 11 is 5.89. The van der Waals surface area contributed by atoms with Crippen molar-refractivity contribution in [1.82, 2.24) is 4.90 Å². The summed E-state index contributed by atoms with van der Waals surface area (Å²) in [5.74, 6) is 0.0450. The number of ether oxygens (including phenoxy) is 1. The molecule has 21 heavy (non-hydrogen) atoms. The molecule has 1 amide bonds. The molecule has 0 bridgehead atoms. The lowest BCUT2D eigenvalue weighted by Crippen LogP contribution is -2.44. The molecule has 1 fully saturated rings. The van der Waals surface area contributed by atoms with Crippen LogP contribution in [0.1, 0.15) is 31.2 Å². The number of amides is 1. The topological polar surface area (TPSA) is 55.6 Å². The highest BCUT2D eigenvalue weighted by atomic mass is 35.5. The Morgan fingerprint density at radius 1 is 1.43 bits per heavy atom. The largest absolute Gasteiger partial charge is 0.385 e. The molecule has 2 N–H and O–H groups in total. The number of halogens is 1. The first kappa shape index (κ1) is 16.3. The van der Waals surface area contributed by atoms with E-state index in [4.69, 9.17) is 22.1 Å². The van der Waals surface area contributed by atoms with Crippen molar-refractivity contribution in [2.75, 3.05) is 13.7 Å². The van der Waals surface area contributed by atoms with Crippen LogP contribution in [0.15, 0.2) is 24.3 Å². The maximum atomic E-state index is 12.5. The fourth-order valence-electron chi connectivity index (χ4n) is 2.34. The Labute approximate surface area is 131 Å². The Kier molecular flexibility index (Phi) is 6.03. The number of benzene rings is 1. The molecule has 116 valence electrons. The fraction of sp³-hybridized carbons (Fsp3) is 0.562. The number of methoxy groups -OCH3 is 1. The molecule has 1 saturated carbocycles. The predicted molar refractivity (Wildman–Crippen MR) is 84.1 cm³/mol. The first-order chi connectivity index (χ1) is 10.1. The summed E-state index contributed by atoms with van der Waals surface area (Å²) in [4.78, 5) is 14.4. The van der Waals surface area contributed by atoms with Gasteiger partial charge in [0.15, 0.2) is 0 Å². The van der Waals surface area contributed by atoms with Gasteiger partial charge < -0.3 is 15.4 Å². The molecule has 5 heteroatoms. The van der Waals surface area contributed by atoms with Crippen molar-refractivity contribution in [2.45, 2.75) is 44.3 Å². The van der Waals surface area contributed by atoms with Crippen molar-refractivity contribution in [3.05, 3.63) is 34.9 Å².